The molecule has 0 aliphatic carbocycles. The number of rotatable bonds is 4. The lowest BCUT2D eigenvalue weighted by atomic mass is 10.1. The van der Waals surface area contributed by atoms with Crippen molar-refractivity contribution in [3.05, 3.63) is 46.5 Å². The largest absolute Gasteiger partial charge is 0.460 e. The zero-order valence-corrected chi connectivity index (χ0v) is 15.6. The molecule has 5 heteroatoms. The lowest BCUT2D eigenvalue weighted by Gasteiger charge is -2.19. The highest BCUT2D eigenvalue weighted by atomic mass is 16.6. The molecule has 0 spiro atoms. The first-order valence-electron chi connectivity index (χ1n) is 8.05. The number of hydrogen-bond donors (Lipinski definition) is 0. The summed E-state index contributed by atoms with van der Waals surface area (Å²) in [6, 6.07) is 5.64. The summed E-state index contributed by atoms with van der Waals surface area (Å²) in [5.74, 6) is -0.335. The summed E-state index contributed by atoms with van der Waals surface area (Å²) >= 11 is 0. The number of carbonyl (C=O) groups is 2. The normalized spacial score (nSPS) is 11.6. The Morgan fingerprint density at radius 2 is 1.71 bits per heavy atom. The summed E-state index contributed by atoms with van der Waals surface area (Å²) in [5.41, 5.74) is 3.39. The molecule has 0 aliphatic rings. The van der Waals surface area contributed by atoms with E-state index in [0.717, 1.165) is 17.0 Å². The van der Waals surface area contributed by atoms with Crippen LogP contribution < -0.4 is 0 Å². The van der Waals surface area contributed by atoms with Crippen molar-refractivity contribution < 1.29 is 14.3 Å². The van der Waals surface area contributed by atoms with Crippen LogP contribution in [0.4, 0.5) is 0 Å². The molecule has 2 aromatic heterocycles. The predicted octanol–water partition coefficient (Wildman–Crippen LogP) is 3.10. The van der Waals surface area contributed by atoms with Gasteiger partial charge in [0, 0.05) is 25.5 Å². The first kappa shape index (κ1) is 18.0. The lowest BCUT2D eigenvalue weighted by molar-refractivity contribution is -0.154. The molecule has 2 rings (SSSR count). The van der Waals surface area contributed by atoms with Crippen molar-refractivity contribution in [1.82, 2.24) is 9.13 Å². The second kappa shape index (κ2) is 6.30. The fourth-order valence-electron chi connectivity index (χ4n) is 2.81. The van der Waals surface area contributed by atoms with Gasteiger partial charge in [0.15, 0.2) is 0 Å². The molecule has 0 unspecified atom stereocenters. The number of esters is 1. The first-order valence-corrected chi connectivity index (χ1v) is 8.05. The van der Waals surface area contributed by atoms with E-state index in [2.05, 4.69) is 0 Å². The molecule has 24 heavy (non-hydrogen) atoms. The Hall–Kier alpha value is -2.30. The third kappa shape index (κ3) is 3.61. The third-order valence-electron chi connectivity index (χ3n) is 4.09. The molecule has 0 saturated carbocycles. The van der Waals surface area contributed by atoms with Gasteiger partial charge >= 0.3 is 5.97 Å². The Balaban J connectivity index is 2.31. The highest BCUT2D eigenvalue weighted by molar-refractivity contribution is 6.08. The highest BCUT2D eigenvalue weighted by Gasteiger charge is 2.23. The molecule has 0 fully saturated rings. The Labute approximate surface area is 143 Å². The van der Waals surface area contributed by atoms with Crippen LogP contribution in [0.2, 0.25) is 0 Å². The second-order valence-corrected chi connectivity index (χ2v) is 7.24. The molecule has 0 radical (unpaired) electrons. The maximum atomic E-state index is 12.9. The van der Waals surface area contributed by atoms with Crippen molar-refractivity contribution in [3.8, 4) is 0 Å². The molecule has 130 valence electrons. The Morgan fingerprint density at radius 1 is 1.08 bits per heavy atom. The van der Waals surface area contributed by atoms with Gasteiger partial charge in [-0.05, 0) is 58.4 Å². The number of ether oxygens (including phenoxy) is 1. The van der Waals surface area contributed by atoms with Crippen LogP contribution in [-0.4, -0.2) is 26.5 Å². The van der Waals surface area contributed by atoms with Crippen molar-refractivity contribution in [2.75, 3.05) is 0 Å². The molecule has 0 aromatic carbocycles. The maximum absolute atomic E-state index is 12.9. The molecule has 2 aromatic rings. The van der Waals surface area contributed by atoms with E-state index in [1.165, 1.54) is 0 Å². The quantitative estimate of drug-likeness (QED) is 0.639. The summed E-state index contributed by atoms with van der Waals surface area (Å²) in [7, 11) is 3.69. The van der Waals surface area contributed by atoms with Gasteiger partial charge in [-0.2, -0.15) is 0 Å². The van der Waals surface area contributed by atoms with E-state index >= 15 is 0 Å². The number of hydrogen-bond acceptors (Lipinski definition) is 3. The molecule has 5 nitrogen and oxygen atoms in total. The minimum Gasteiger partial charge on any atom is -0.460 e. The molecular formula is C19H26N2O3. The Morgan fingerprint density at radius 3 is 2.21 bits per heavy atom. The monoisotopic (exact) mass is 330 g/mol. The van der Waals surface area contributed by atoms with Crippen molar-refractivity contribution in [3.63, 3.8) is 0 Å². The fraction of sp³-hybridized carbons (Fsp3) is 0.474. The van der Waals surface area contributed by atoms with Crippen molar-refractivity contribution in [2.45, 2.75) is 46.6 Å². The summed E-state index contributed by atoms with van der Waals surface area (Å²) in [5, 5.41) is 0. The van der Waals surface area contributed by atoms with Crippen molar-refractivity contribution >= 4 is 11.8 Å². The minimum atomic E-state index is -0.517. The molecule has 0 atom stereocenters. The number of aromatic nitrogens is 2. The molecule has 0 aliphatic heterocycles. The van der Waals surface area contributed by atoms with Gasteiger partial charge in [-0.3, -0.25) is 9.59 Å². The Bertz CT molecular complexity index is 788. The first-order chi connectivity index (χ1) is 11.0. The van der Waals surface area contributed by atoms with Crippen LogP contribution in [0.15, 0.2) is 18.2 Å². The molecular weight excluding hydrogens is 304 g/mol. The zero-order valence-electron chi connectivity index (χ0n) is 15.6. The summed E-state index contributed by atoms with van der Waals surface area (Å²) in [4.78, 5) is 25.0. The predicted molar refractivity (Wildman–Crippen MR) is 93.3 cm³/mol. The van der Waals surface area contributed by atoms with Crippen LogP contribution in [-0.2, 0) is 30.0 Å². The Kier molecular flexibility index (Phi) is 4.74. The number of ketones is 1. The molecule has 0 bridgehead atoms. The molecule has 0 saturated heterocycles. The number of aryl methyl sites for hydroxylation is 2. The summed E-state index contributed by atoms with van der Waals surface area (Å²) in [6.45, 7) is 9.37. The van der Waals surface area contributed by atoms with Gasteiger partial charge < -0.3 is 13.9 Å². The van der Waals surface area contributed by atoms with Gasteiger partial charge in [0.1, 0.15) is 5.60 Å². The van der Waals surface area contributed by atoms with Crippen molar-refractivity contribution in [1.29, 1.82) is 0 Å². The fourth-order valence-corrected chi connectivity index (χ4v) is 2.81. The summed E-state index contributed by atoms with van der Waals surface area (Å²) < 4.78 is 9.04. The standard InChI is InChI=1S/C19H26N2O3/c1-12-10-14(11-16(22)24-19(3,4)5)21(7)17(12)18(23)15-9-8-13(2)20(15)6/h8-10H,11H2,1-7H3. The van der Waals surface area contributed by atoms with Crippen molar-refractivity contribution in [2.24, 2.45) is 14.1 Å². The molecule has 2 heterocycles. The van der Waals surface area contributed by atoms with Crippen LogP contribution in [0.5, 0.6) is 0 Å². The van der Waals surface area contributed by atoms with Crippen LogP contribution in [0.25, 0.3) is 0 Å². The van der Waals surface area contributed by atoms with E-state index in [0.29, 0.717) is 11.4 Å². The van der Waals surface area contributed by atoms with Crippen LogP contribution in [0, 0.1) is 13.8 Å². The second-order valence-electron chi connectivity index (χ2n) is 7.24. The average Bonchev–Trinajstić information content (AvgIpc) is 2.89. The molecule has 0 N–H and O–H groups in total. The third-order valence-corrected chi connectivity index (χ3v) is 4.09. The van der Waals surface area contributed by atoms with E-state index in [1.54, 1.807) is 4.57 Å². The SMILES string of the molecule is Cc1cc(CC(=O)OC(C)(C)C)n(C)c1C(=O)c1ccc(C)n1C. The topological polar surface area (TPSA) is 53.2 Å². The van der Waals surface area contributed by atoms with Gasteiger partial charge in [-0.15, -0.1) is 0 Å². The van der Waals surface area contributed by atoms with E-state index < -0.39 is 5.60 Å². The number of nitrogens with zero attached hydrogens (tertiary/aromatic N) is 2. The van der Waals surface area contributed by atoms with Gasteiger partial charge in [0.25, 0.3) is 0 Å². The van der Waals surface area contributed by atoms with Crippen LogP contribution in [0.1, 0.15) is 53.9 Å². The van der Waals surface area contributed by atoms with E-state index in [9.17, 15) is 9.59 Å². The lowest BCUT2D eigenvalue weighted by Crippen LogP contribution is -2.25. The van der Waals surface area contributed by atoms with Gasteiger partial charge in [0.05, 0.1) is 17.8 Å². The van der Waals surface area contributed by atoms with E-state index in [-0.39, 0.29) is 18.2 Å². The number of carbonyl (C=O) groups excluding carboxylic acids is 2. The smallest absolute Gasteiger partial charge is 0.312 e. The minimum absolute atomic E-state index is 0.0407. The van der Waals surface area contributed by atoms with Crippen LogP contribution in [0.3, 0.4) is 0 Å². The van der Waals surface area contributed by atoms with E-state index in [1.807, 2.05) is 71.5 Å². The van der Waals surface area contributed by atoms with E-state index in [4.69, 9.17) is 4.74 Å². The van der Waals surface area contributed by atoms with Crippen LogP contribution >= 0.6 is 0 Å². The van der Waals surface area contributed by atoms with Gasteiger partial charge in [-0.1, -0.05) is 0 Å². The highest BCUT2D eigenvalue weighted by Crippen LogP contribution is 2.20. The summed E-state index contributed by atoms with van der Waals surface area (Å²) in [6.07, 6.45) is 0.147. The maximum Gasteiger partial charge on any atom is 0.312 e. The molecule has 0 amide bonds. The average molecular weight is 330 g/mol. The van der Waals surface area contributed by atoms with Gasteiger partial charge in [-0.25, -0.2) is 0 Å². The van der Waals surface area contributed by atoms with Gasteiger partial charge in [0.2, 0.25) is 5.78 Å². The zero-order chi connectivity index (χ0) is 18.2.